The van der Waals surface area contributed by atoms with Crippen LogP contribution >= 0.6 is 11.6 Å². The van der Waals surface area contributed by atoms with Gasteiger partial charge in [0.05, 0.1) is 0 Å². The first kappa shape index (κ1) is 12.2. The monoisotopic (exact) mass is 224 g/mol. The Morgan fingerprint density at radius 2 is 2.13 bits per heavy atom. The van der Waals surface area contributed by atoms with Crippen LogP contribution in [0.5, 0.6) is 0 Å². The van der Waals surface area contributed by atoms with Crippen LogP contribution in [0.3, 0.4) is 0 Å². The van der Waals surface area contributed by atoms with Gasteiger partial charge in [-0.15, -0.1) is 0 Å². The molecule has 0 aromatic heterocycles. The van der Waals surface area contributed by atoms with Crippen molar-refractivity contribution < 1.29 is 0 Å². The molecule has 0 aliphatic heterocycles. The van der Waals surface area contributed by atoms with Gasteiger partial charge >= 0.3 is 0 Å². The minimum atomic E-state index is 0.553. The summed E-state index contributed by atoms with van der Waals surface area (Å²) in [5.41, 5.74) is 7.62. The lowest BCUT2D eigenvalue weighted by atomic mass is 10.1. The first-order valence-corrected chi connectivity index (χ1v) is 5.31. The quantitative estimate of drug-likeness (QED) is 0.851. The highest BCUT2D eigenvalue weighted by Crippen LogP contribution is 2.19. The second kappa shape index (κ2) is 5.91. The molecule has 0 aliphatic rings. The zero-order chi connectivity index (χ0) is 11.3. The third kappa shape index (κ3) is 4.04. The molecule has 15 heavy (non-hydrogen) atoms. The van der Waals surface area contributed by atoms with E-state index < -0.39 is 0 Å². The minimum Gasteiger partial charge on any atom is -0.327 e. The van der Waals surface area contributed by atoms with E-state index in [9.17, 15) is 0 Å². The lowest BCUT2D eigenvalue weighted by Gasteiger charge is -2.11. The van der Waals surface area contributed by atoms with E-state index in [0.717, 1.165) is 22.7 Å². The van der Waals surface area contributed by atoms with Gasteiger partial charge in [-0.05, 0) is 31.3 Å². The van der Waals surface area contributed by atoms with E-state index in [-0.39, 0.29) is 0 Å². The summed E-state index contributed by atoms with van der Waals surface area (Å²) in [7, 11) is 4.05. The summed E-state index contributed by atoms with van der Waals surface area (Å²) in [5, 5.41) is 0.808. The van der Waals surface area contributed by atoms with Crippen LogP contribution in [0.4, 0.5) is 0 Å². The first-order valence-electron chi connectivity index (χ1n) is 4.93. The van der Waals surface area contributed by atoms with Crippen LogP contribution < -0.4 is 5.73 Å². The van der Waals surface area contributed by atoms with E-state index in [4.69, 9.17) is 17.3 Å². The molecule has 2 N–H and O–H groups in total. The molecule has 0 saturated heterocycles. The standard InChI is InChI=1S/C12H17ClN2/c1-15(2)9-11-6-5-10(4-3-7-14)8-12(11)13/h3-6,8H,7,9,14H2,1-2H3/b4-3+. The average molecular weight is 225 g/mol. The SMILES string of the molecule is CN(C)Cc1ccc(/C=C/CN)cc1Cl. The van der Waals surface area contributed by atoms with Crippen molar-refractivity contribution in [2.45, 2.75) is 6.54 Å². The summed E-state index contributed by atoms with van der Waals surface area (Å²) in [6.45, 7) is 1.41. The van der Waals surface area contributed by atoms with E-state index in [1.807, 2.05) is 32.3 Å². The molecule has 0 fully saturated rings. The molecule has 1 aromatic carbocycles. The van der Waals surface area contributed by atoms with Gasteiger partial charge in [0.25, 0.3) is 0 Å². The van der Waals surface area contributed by atoms with Crippen LogP contribution in [0.1, 0.15) is 11.1 Å². The molecule has 1 aromatic rings. The van der Waals surface area contributed by atoms with Crippen molar-refractivity contribution >= 4 is 17.7 Å². The van der Waals surface area contributed by atoms with Gasteiger partial charge in [0.1, 0.15) is 0 Å². The molecule has 0 amide bonds. The Morgan fingerprint density at radius 3 is 2.67 bits per heavy atom. The summed E-state index contributed by atoms with van der Waals surface area (Å²) in [4.78, 5) is 2.09. The molecule has 0 heterocycles. The maximum Gasteiger partial charge on any atom is 0.0456 e. The van der Waals surface area contributed by atoms with Crippen molar-refractivity contribution in [3.8, 4) is 0 Å². The van der Waals surface area contributed by atoms with Crippen LogP contribution in [0.2, 0.25) is 5.02 Å². The van der Waals surface area contributed by atoms with Crippen LogP contribution in [0, 0.1) is 0 Å². The fourth-order valence-electron chi connectivity index (χ4n) is 1.34. The van der Waals surface area contributed by atoms with E-state index in [0.29, 0.717) is 6.54 Å². The Hall–Kier alpha value is -0.830. The molecular formula is C12H17ClN2. The largest absolute Gasteiger partial charge is 0.327 e. The third-order valence-electron chi connectivity index (χ3n) is 2.01. The van der Waals surface area contributed by atoms with Gasteiger partial charge in [0, 0.05) is 18.1 Å². The fourth-order valence-corrected chi connectivity index (χ4v) is 1.59. The summed E-state index contributed by atoms with van der Waals surface area (Å²) >= 11 is 6.16. The predicted molar refractivity (Wildman–Crippen MR) is 66.9 cm³/mol. The lowest BCUT2D eigenvalue weighted by molar-refractivity contribution is 0.402. The van der Waals surface area contributed by atoms with Crippen LogP contribution in [-0.4, -0.2) is 25.5 Å². The predicted octanol–water partition coefficient (Wildman–Crippen LogP) is 2.37. The first-order chi connectivity index (χ1) is 7.13. The maximum atomic E-state index is 6.16. The summed E-state index contributed by atoms with van der Waals surface area (Å²) in [6, 6.07) is 6.07. The van der Waals surface area contributed by atoms with Gasteiger partial charge in [-0.2, -0.15) is 0 Å². The smallest absolute Gasteiger partial charge is 0.0456 e. The van der Waals surface area contributed by atoms with Crippen molar-refractivity contribution in [1.29, 1.82) is 0 Å². The van der Waals surface area contributed by atoms with Crippen LogP contribution in [0.25, 0.3) is 6.08 Å². The van der Waals surface area contributed by atoms with Gasteiger partial charge in [-0.3, -0.25) is 0 Å². The molecule has 0 bridgehead atoms. The lowest BCUT2D eigenvalue weighted by Crippen LogP contribution is -2.10. The number of hydrogen-bond donors (Lipinski definition) is 1. The molecule has 1 rings (SSSR count). The second-order valence-corrected chi connectivity index (χ2v) is 4.13. The zero-order valence-electron chi connectivity index (χ0n) is 9.20. The molecule has 3 heteroatoms. The summed E-state index contributed by atoms with van der Waals surface area (Å²) < 4.78 is 0. The molecule has 0 radical (unpaired) electrons. The number of nitrogens with two attached hydrogens (primary N) is 1. The molecule has 0 saturated carbocycles. The number of halogens is 1. The molecule has 82 valence electrons. The van der Waals surface area contributed by atoms with Crippen molar-refractivity contribution in [3.05, 3.63) is 40.4 Å². The van der Waals surface area contributed by atoms with Gasteiger partial charge in [0.2, 0.25) is 0 Å². The topological polar surface area (TPSA) is 29.3 Å². The van der Waals surface area contributed by atoms with Crippen molar-refractivity contribution in [3.63, 3.8) is 0 Å². The zero-order valence-corrected chi connectivity index (χ0v) is 9.96. The maximum absolute atomic E-state index is 6.16. The van der Waals surface area contributed by atoms with E-state index in [1.54, 1.807) is 0 Å². The van der Waals surface area contributed by atoms with Gasteiger partial charge < -0.3 is 10.6 Å². The molecular weight excluding hydrogens is 208 g/mol. The fraction of sp³-hybridized carbons (Fsp3) is 0.333. The van der Waals surface area contributed by atoms with E-state index >= 15 is 0 Å². The van der Waals surface area contributed by atoms with Crippen LogP contribution in [0.15, 0.2) is 24.3 Å². The Balaban J connectivity index is 2.83. The summed E-state index contributed by atoms with van der Waals surface area (Å²) in [5.74, 6) is 0. The summed E-state index contributed by atoms with van der Waals surface area (Å²) in [6.07, 6.45) is 3.89. The second-order valence-electron chi connectivity index (χ2n) is 3.73. The Labute approximate surface area is 96.3 Å². The number of hydrogen-bond acceptors (Lipinski definition) is 2. The molecule has 0 unspecified atom stereocenters. The minimum absolute atomic E-state index is 0.553. The highest BCUT2D eigenvalue weighted by atomic mass is 35.5. The normalized spacial score (nSPS) is 11.5. The highest BCUT2D eigenvalue weighted by Gasteiger charge is 2.01. The average Bonchev–Trinajstić information content (AvgIpc) is 2.18. The van der Waals surface area contributed by atoms with Crippen LogP contribution in [-0.2, 0) is 6.54 Å². The Morgan fingerprint density at radius 1 is 1.40 bits per heavy atom. The van der Waals surface area contributed by atoms with Crippen molar-refractivity contribution in [2.75, 3.05) is 20.6 Å². The van der Waals surface area contributed by atoms with Gasteiger partial charge in [-0.1, -0.05) is 35.9 Å². The molecule has 0 atom stereocenters. The molecule has 2 nitrogen and oxygen atoms in total. The van der Waals surface area contributed by atoms with Gasteiger partial charge in [0.15, 0.2) is 0 Å². The van der Waals surface area contributed by atoms with Crippen molar-refractivity contribution in [1.82, 2.24) is 4.90 Å². The number of benzene rings is 1. The third-order valence-corrected chi connectivity index (χ3v) is 2.36. The van der Waals surface area contributed by atoms with E-state index in [1.165, 1.54) is 0 Å². The number of nitrogens with zero attached hydrogens (tertiary/aromatic N) is 1. The van der Waals surface area contributed by atoms with Crippen molar-refractivity contribution in [2.24, 2.45) is 5.73 Å². The molecule has 0 spiro atoms. The highest BCUT2D eigenvalue weighted by molar-refractivity contribution is 6.31. The molecule has 0 aliphatic carbocycles. The van der Waals surface area contributed by atoms with Gasteiger partial charge in [-0.25, -0.2) is 0 Å². The van der Waals surface area contributed by atoms with E-state index in [2.05, 4.69) is 17.0 Å². The Kier molecular flexibility index (Phi) is 4.82. The number of rotatable bonds is 4. The Bertz CT molecular complexity index is 345.